The summed E-state index contributed by atoms with van der Waals surface area (Å²) in [6.45, 7) is 0.0276. The summed E-state index contributed by atoms with van der Waals surface area (Å²) in [5.41, 5.74) is 0.293. The lowest BCUT2D eigenvalue weighted by Gasteiger charge is -2.01. The van der Waals surface area contributed by atoms with Gasteiger partial charge in [0.15, 0.2) is 5.69 Å². The Morgan fingerprint density at radius 3 is 2.89 bits per heavy atom. The van der Waals surface area contributed by atoms with Gasteiger partial charge >= 0.3 is 14.1 Å². The summed E-state index contributed by atoms with van der Waals surface area (Å²) >= 11 is 5.75. The molecule has 0 radical (unpaired) electrons. The number of nitrogens with one attached hydrogen (secondary N) is 1. The molecule has 0 aliphatic rings. The first kappa shape index (κ1) is 12.8. The highest BCUT2D eigenvalue weighted by molar-refractivity contribution is 7.35. The van der Waals surface area contributed by atoms with E-state index in [1.54, 1.807) is 0 Å². The molecule has 0 aliphatic carbocycles. The summed E-state index contributed by atoms with van der Waals surface area (Å²) in [5, 5.41) is 11.2. The van der Waals surface area contributed by atoms with E-state index in [2.05, 4.69) is 15.1 Å². The maximum atomic E-state index is 10.8. The van der Waals surface area contributed by atoms with Crippen molar-refractivity contribution in [3.8, 4) is 0 Å². The number of aromatic nitrogens is 3. The highest BCUT2D eigenvalue weighted by atomic mass is 35.5. The first-order valence-electron chi connectivity index (χ1n) is 4.65. The fourth-order valence-corrected chi connectivity index (χ4v) is 1.88. The summed E-state index contributed by atoms with van der Waals surface area (Å²) in [4.78, 5) is 27.1. The van der Waals surface area contributed by atoms with E-state index in [1.807, 2.05) is 0 Å². The highest BCUT2D eigenvalue weighted by Gasteiger charge is 2.15. The molecule has 2 aromatic heterocycles. The number of carboxylic acid groups (broad SMARTS) is 1. The molecule has 1 unspecified atom stereocenters. The zero-order valence-corrected chi connectivity index (χ0v) is 10.4. The first-order chi connectivity index (χ1) is 8.47. The summed E-state index contributed by atoms with van der Waals surface area (Å²) in [6.07, 6.45) is 1.27. The Balaban J connectivity index is 2.50. The molecule has 0 amide bonds. The van der Waals surface area contributed by atoms with Gasteiger partial charge in [0.05, 0.1) is 6.54 Å². The fourth-order valence-electron chi connectivity index (χ4n) is 1.38. The average Bonchev–Trinajstić information content (AvgIpc) is 2.69. The van der Waals surface area contributed by atoms with Gasteiger partial charge in [-0.3, -0.25) is 4.40 Å². The Morgan fingerprint density at radius 2 is 2.28 bits per heavy atom. The molecule has 3 N–H and O–H groups in total. The predicted octanol–water partition coefficient (Wildman–Crippen LogP) is 0.820. The van der Waals surface area contributed by atoms with Crippen molar-refractivity contribution in [3.05, 3.63) is 28.8 Å². The van der Waals surface area contributed by atoms with E-state index in [0.717, 1.165) is 0 Å². The van der Waals surface area contributed by atoms with Gasteiger partial charge in [0.1, 0.15) is 5.15 Å². The number of aromatic carboxylic acids is 1. The van der Waals surface area contributed by atoms with Crippen molar-refractivity contribution in [2.24, 2.45) is 0 Å². The molecule has 94 valence electrons. The lowest BCUT2D eigenvalue weighted by Crippen LogP contribution is -2.08. The minimum atomic E-state index is -2.51. The van der Waals surface area contributed by atoms with Crippen molar-refractivity contribution in [1.29, 1.82) is 0 Å². The van der Waals surface area contributed by atoms with Crippen LogP contribution >= 0.6 is 19.8 Å². The van der Waals surface area contributed by atoms with Crippen molar-refractivity contribution >= 4 is 31.5 Å². The topological polar surface area (TPSA) is 117 Å². The minimum Gasteiger partial charge on any atom is -0.476 e. The molecule has 0 saturated carbocycles. The van der Waals surface area contributed by atoms with E-state index in [0.29, 0.717) is 5.69 Å². The van der Waals surface area contributed by atoms with Crippen molar-refractivity contribution in [2.75, 3.05) is 0 Å². The maximum absolute atomic E-state index is 10.8. The molecule has 10 heteroatoms. The largest absolute Gasteiger partial charge is 0.610 e. The van der Waals surface area contributed by atoms with Crippen LogP contribution in [0.25, 0.3) is 5.78 Å². The summed E-state index contributed by atoms with van der Waals surface area (Å²) in [5.74, 6) is -1.08. The Kier molecular flexibility index (Phi) is 3.53. The van der Waals surface area contributed by atoms with Crippen LogP contribution in [0.15, 0.2) is 12.3 Å². The summed E-state index contributed by atoms with van der Waals surface area (Å²) < 4.78 is 12.0. The van der Waals surface area contributed by atoms with Crippen LogP contribution in [0, 0.1) is 0 Å². The number of halogens is 1. The first-order valence-corrected chi connectivity index (χ1v) is 6.24. The van der Waals surface area contributed by atoms with E-state index in [4.69, 9.17) is 21.6 Å². The molecular weight excluding hydrogens is 283 g/mol. The van der Waals surface area contributed by atoms with Crippen molar-refractivity contribution < 1.29 is 19.4 Å². The van der Waals surface area contributed by atoms with Gasteiger partial charge in [0.2, 0.25) is 5.78 Å². The SMILES string of the molecule is O=C(O)c1cn2c(CN[P+](=O)O)cc(Cl)nc2n1. The Hall–Kier alpha value is -1.60. The predicted molar refractivity (Wildman–Crippen MR) is 61.6 cm³/mol. The smallest absolute Gasteiger partial charge is 0.476 e. The maximum Gasteiger partial charge on any atom is 0.610 e. The third kappa shape index (κ3) is 2.62. The van der Waals surface area contributed by atoms with Gasteiger partial charge in [-0.1, -0.05) is 16.7 Å². The number of nitrogens with zero attached hydrogens (tertiary/aromatic N) is 3. The molecule has 0 aromatic carbocycles. The van der Waals surface area contributed by atoms with Gasteiger partial charge in [-0.25, -0.2) is 14.8 Å². The van der Waals surface area contributed by atoms with Gasteiger partial charge in [-0.05, 0) is 10.6 Å². The molecule has 8 nitrogen and oxygen atoms in total. The number of hydrogen-bond donors (Lipinski definition) is 3. The zero-order chi connectivity index (χ0) is 13.3. The second-order valence-electron chi connectivity index (χ2n) is 3.28. The highest BCUT2D eigenvalue weighted by Crippen LogP contribution is 2.15. The number of imidazole rings is 1. The van der Waals surface area contributed by atoms with E-state index >= 15 is 0 Å². The van der Waals surface area contributed by atoms with E-state index in [9.17, 15) is 9.36 Å². The fraction of sp³-hybridized carbons (Fsp3) is 0.125. The van der Waals surface area contributed by atoms with Crippen LogP contribution in [0.5, 0.6) is 0 Å². The number of carboxylic acids is 1. The van der Waals surface area contributed by atoms with Gasteiger partial charge in [0.25, 0.3) is 0 Å². The Bertz CT molecular complexity index is 643. The second kappa shape index (κ2) is 4.95. The zero-order valence-electron chi connectivity index (χ0n) is 8.74. The Morgan fingerprint density at radius 1 is 1.56 bits per heavy atom. The van der Waals surface area contributed by atoms with Crippen molar-refractivity contribution in [2.45, 2.75) is 6.54 Å². The van der Waals surface area contributed by atoms with Gasteiger partial charge in [-0.15, -0.1) is 4.89 Å². The van der Waals surface area contributed by atoms with Crippen LogP contribution in [-0.4, -0.2) is 30.3 Å². The average molecular weight is 290 g/mol. The van der Waals surface area contributed by atoms with Crippen LogP contribution < -0.4 is 5.09 Å². The van der Waals surface area contributed by atoms with Crippen LogP contribution in [-0.2, 0) is 11.1 Å². The molecule has 2 rings (SSSR count). The van der Waals surface area contributed by atoms with Crippen LogP contribution in [0.2, 0.25) is 5.15 Å². The molecule has 1 atom stereocenters. The third-order valence-electron chi connectivity index (χ3n) is 2.10. The van der Waals surface area contributed by atoms with E-state index in [1.165, 1.54) is 16.7 Å². The number of rotatable bonds is 4. The molecule has 0 spiro atoms. The van der Waals surface area contributed by atoms with Crippen molar-refractivity contribution in [3.63, 3.8) is 0 Å². The minimum absolute atomic E-state index is 0.0276. The molecule has 0 fully saturated rings. The quantitative estimate of drug-likeness (QED) is 0.563. The lowest BCUT2D eigenvalue weighted by molar-refractivity contribution is 0.0691. The molecule has 2 aromatic rings. The number of carbonyl (C=O) groups is 1. The van der Waals surface area contributed by atoms with Gasteiger partial charge in [0, 0.05) is 11.9 Å². The number of hydrogen-bond acceptors (Lipinski definition) is 4. The Labute approximate surface area is 106 Å². The summed E-state index contributed by atoms with van der Waals surface area (Å²) in [6, 6.07) is 1.45. The molecule has 2 heterocycles. The summed E-state index contributed by atoms with van der Waals surface area (Å²) in [7, 11) is -2.51. The standard InChI is InChI=1S/C8H6ClN4O4P/c9-6-1-4(2-10-18(16)17)13-3-5(7(14)15)11-8(13)12-6/h1,3H,2H2,(H2-,10,14,15,16,17)/p+1. The van der Waals surface area contributed by atoms with Crippen LogP contribution in [0.1, 0.15) is 16.2 Å². The third-order valence-corrected chi connectivity index (χ3v) is 2.73. The van der Waals surface area contributed by atoms with Crippen molar-refractivity contribution in [1.82, 2.24) is 19.5 Å². The van der Waals surface area contributed by atoms with E-state index < -0.39 is 14.1 Å². The molecule has 0 bridgehead atoms. The molecule has 0 aliphatic heterocycles. The second-order valence-corrected chi connectivity index (χ2v) is 4.53. The van der Waals surface area contributed by atoms with Crippen LogP contribution in [0.4, 0.5) is 0 Å². The molecule has 0 saturated heterocycles. The monoisotopic (exact) mass is 289 g/mol. The lowest BCUT2D eigenvalue weighted by atomic mass is 10.4. The van der Waals surface area contributed by atoms with Crippen LogP contribution in [0.3, 0.4) is 0 Å². The van der Waals surface area contributed by atoms with Gasteiger partial charge in [-0.2, -0.15) is 0 Å². The number of fused-ring (bicyclic) bond motifs is 1. The van der Waals surface area contributed by atoms with Gasteiger partial charge < -0.3 is 5.11 Å². The molecular formula is C8H7ClN4O4P+. The van der Waals surface area contributed by atoms with E-state index in [-0.39, 0.29) is 23.2 Å². The molecule has 18 heavy (non-hydrogen) atoms. The normalized spacial score (nSPS) is 11.8.